The number of hydrogen-bond donors (Lipinski definition) is 3. The molecule has 0 aromatic carbocycles. The van der Waals surface area contributed by atoms with Gasteiger partial charge in [-0.2, -0.15) is 0 Å². The Hall–Kier alpha value is -1.40. The second-order valence-electron chi connectivity index (χ2n) is 4.63. The van der Waals surface area contributed by atoms with Crippen molar-refractivity contribution in [2.45, 2.75) is 32.5 Å². The van der Waals surface area contributed by atoms with Gasteiger partial charge in [-0.25, -0.2) is 9.97 Å². The summed E-state index contributed by atoms with van der Waals surface area (Å²) in [4.78, 5) is 10.5. The van der Waals surface area contributed by atoms with Crippen molar-refractivity contribution in [1.82, 2.24) is 9.97 Å². The van der Waals surface area contributed by atoms with E-state index in [-0.39, 0.29) is 0 Å². The van der Waals surface area contributed by atoms with Crippen LogP contribution in [0.1, 0.15) is 19.2 Å². The molecule has 3 N–H and O–H groups in total. The largest absolute Gasteiger partial charge is 0.389 e. The normalized spacial score (nSPS) is 23.4. The highest BCUT2D eigenvalue weighted by Gasteiger charge is 2.30. The number of aromatic nitrogens is 2. The van der Waals surface area contributed by atoms with E-state index in [0.717, 1.165) is 24.6 Å². The molecule has 18 heavy (non-hydrogen) atoms. The van der Waals surface area contributed by atoms with Crippen molar-refractivity contribution in [2.24, 2.45) is 0 Å². The molecule has 1 aromatic heterocycles. The average molecular weight is 252 g/mol. The number of nitrogens with zero attached hydrogens (tertiary/aromatic N) is 3. The van der Waals surface area contributed by atoms with E-state index in [1.807, 2.05) is 17.9 Å². The molecule has 1 aliphatic heterocycles. The number of rotatable bonds is 4. The molecule has 2 unspecified atom stereocenters. The second-order valence-corrected chi connectivity index (χ2v) is 4.63. The van der Waals surface area contributed by atoms with E-state index in [1.165, 1.54) is 0 Å². The molecule has 0 saturated carbocycles. The standard InChI is InChI=1S/C12H20N4O2/c1-3-4-13-11-5-12(15-8(2)14-11)16-6-9(17)10(18)7-16/h5,9-10,17-18H,3-4,6-7H2,1-2H3,(H,13,14,15). The zero-order valence-electron chi connectivity index (χ0n) is 10.8. The lowest BCUT2D eigenvalue weighted by atomic mass is 10.3. The van der Waals surface area contributed by atoms with Crippen LogP contribution in [-0.4, -0.2) is 52.0 Å². The van der Waals surface area contributed by atoms with Gasteiger partial charge in [0.2, 0.25) is 0 Å². The highest BCUT2D eigenvalue weighted by Crippen LogP contribution is 2.21. The van der Waals surface area contributed by atoms with E-state index in [0.29, 0.717) is 18.9 Å². The molecule has 0 amide bonds. The SMILES string of the molecule is CCCNc1cc(N2CC(O)C(O)C2)nc(C)n1. The van der Waals surface area contributed by atoms with Gasteiger partial charge < -0.3 is 20.4 Å². The monoisotopic (exact) mass is 252 g/mol. The lowest BCUT2D eigenvalue weighted by Crippen LogP contribution is -2.23. The molecule has 2 atom stereocenters. The van der Waals surface area contributed by atoms with Crippen LogP contribution in [-0.2, 0) is 0 Å². The molecule has 0 spiro atoms. The van der Waals surface area contributed by atoms with E-state index >= 15 is 0 Å². The minimum absolute atomic E-state index is 0.408. The number of aliphatic hydroxyl groups excluding tert-OH is 2. The van der Waals surface area contributed by atoms with Gasteiger partial charge in [0.1, 0.15) is 17.5 Å². The summed E-state index contributed by atoms with van der Waals surface area (Å²) < 4.78 is 0. The predicted octanol–water partition coefficient (Wildman–Crippen LogP) is 0.149. The number of aryl methyl sites for hydroxylation is 1. The molecule has 6 heteroatoms. The molecule has 100 valence electrons. The van der Waals surface area contributed by atoms with E-state index < -0.39 is 12.2 Å². The van der Waals surface area contributed by atoms with Gasteiger partial charge in [0, 0.05) is 25.7 Å². The number of aliphatic hydroxyl groups is 2. The minimum atomic E-state index is -0.702. The van der Waals surface area contributed by atoms with Gasteiger partial charge in [0.15, 0.2) is 0 Å². The summed E-state index contributed by atoms with van der Waals surface area (Å²) in [6.07, 6.45) is -0.376. The summed E-state index contributed by atoms with van der Waals surface area (Å²) in [6.45, 7) is 5.61. The fourth-order valence-electron chi connectivity index (χ4n) is 2.01. The Kier molecular flexibility index (Phi) is 3.98. The number of β-amino-alcohol motifs (C(OH)–C–C–N with tert-alkyl or cyclic N) is 2. The molecule has 0 bridgehead atoms. The first kappa shape index (κ1) is 13.0. The first-order chi connectivity index (χ1) is 8.60. The Morgan fingerprint density at radius 2 is 2.00 bits per heavy atom. The summed E-state index contributed by atoms with van der Waals surface area (Å²) in [5.41, 5.74) is 0. The van der Waals surface area contributed by atoms with Gasteiger partial charge >= 0.3 is 0 Å². The Labute approximate surface area is 107 Å². The summed E-state index contributed by atoms with van der Waals surface area (Å²) >= 11 is 0. The average Bonchev–Trinajstić information content (AvgIpc) is 2.66. The van der Waals surface area contributed by atoms with Gasteiger partial charge in [-0.1, -0.05) is 6.92 Å². The maximum absolute atomic E-state index is 9.56. The zero-order valence-corrected chi connectivity index (χ0v) is 10.8. The van der Waals surface area contributed by atoms with Crippen molar-refractivity contribution in [1.29, 1.82) is 0 Å². The lowest BCUT2D eigenvalue weighted by Gasteiger charge is -2.17. The van der Waals surface area contributed by atoms with E-state index in [4.69, 9.17) is 0 Å². The van der Waals surface area contributed by atoms with Gasteiger partial charge in [-0.15, -0.1) is 0 Å². The van der Waals surface area contributed by atoms with Crippen LogP contribution >= 0.6 is 0 Å². The second kappa shape index (κ2) is 5.49. The third-order valence-corrected chi connectivity index (χ3v) is 2.96. The van der Waals surface area contributed by atoms with Crippen LogP contribution in [0.25, 0.3) is 0 Å². The van der Waals surface area contributed by atoms with Crippen molar-refractivity contribution in [3.8, 4) is 0 Å². The molecule has 1 aliphatic rings. The van der Waals surface area contributed by atoms with Gasteiger partial charge in [-0.3, -0.25) is 0 Å². The van der Waals surface area contributed by atoms with Crippen LogP contribution in [0.15, 0.2) is 6.07 Å². The summed E-state index contributed by atoms with van der Waals surface area (Å²) in [5.74, 6) is 2.22. The topological polar surface area (TPSA) is 81.5 Å². The zero-order chi connectivity index (χ0) is 13.1. The van der Waals surface area contributed by atoms with Crippen molar-refractivity contribution in [3.63, 3.8) is 0 Å². The van der Waals surface area contributed by atoms with E-state index in [2.05, 4.69) is 22.2 Å². The molecular weight excluding hydrogens is 232 g/mol. The van der Waals surface area contributed by atoms with Crippen LogP contribution in [0, 0.1) is 6.92 Å². The number of hydrogen-bond acceptors (Lipinski definition) is 6. The van der Waals surface area contributed by atoms with Crippen molar-refractivity contribution in [3.05, 3.63) is 11.9 Å². The first-order valence-corrected chi connectivity index (χ1v) is 6.30. The van der Waals surface area contributed by atoms with Crippen LogP contribution in [0.4, 0.5) is 11.6 Å². The molecule has 1 saturated heterocycles. The van der Waals surface area contributed by atoms with E-state index in [9.17, 15) is 10.2 Å². The Bertz CT molecular complexity index is 403. The molecule has 1 fully saturated rings. The smallest absolute Gasteiger partial charge is 0.134 e. The summed E-state index contributed by atoms with van der Waals surface area (Å²) in [6, 6.07) is 1.85. The van der Waals surface area contributed by atoms with Gasteiger partial charge in [-0.05, 0) is 13.3 Å². The number of anilines is 2. The van der Waals surface area contributed by atoms with Crippen molar-refractivity contribution in [2.75, 3.05) is 29.9 Å². The Balaban J connectivity index is 2.15. The van der Waals surface area contributed by atoms with Crippen molar-refractivity contribution < 1.29 is 10.2 Å². The maximum atomic E-state index is 9.56. The minimum Gasteiger partial charge on any atom is -0.389 e. The van der Waals surface area contributed by atoms with Crippen LogP contribution in [0.2, 0.25) is 0 Å². The van der Waals surface area contributed by atoms with Crippen LogP contribution in [0.5, 0.6) is 0 Å². The van der Waals surface area contributed by atoms with Gasteiger partial charge in [0.05, 0.1) is 12.2 Å². The van der Waals surface area contributed by atoms with Crippen molar-refractivity contribution >= 4 is 11.6 Å². The molecule has 1 aromatic rings. The molecule has 6 nitrogen and oxygen atoms in total. The quantitative estimate of drug-likeness (QED) is 0.707. The Morgan fingerprint density at radius 3 is 2.61 bits per heavy atom. The van der Waals surface area contributed by atoms with Gasteiger partial charge in [0.25, 0.3) is 0 Å². The Morgan fingerprint density at radius 1 is 1.33 bits per heavy atom. The number of nitrogens with one attached hydrogen (secondary N) is 1. The highest BCUT2D eigenvalue weighted by molar-refractivity contribution is 5.50. The highest BCUT2D eigenvalue weighted by atomic mass is 16.3. The molecule has 0 aliphatic carbocycles. The lowest BCUT2D eigenvalue weighted by molar-refractivity contribution is 0.0572. The summed E-state index contributed by atoms with van der Waals surface area (Å²) in [7, 11) is 0. The molecule has 2 heterocycles. The fraction of sp³-hybridized carbons (Fsp3) is 0.667. The van der Waals surface area contributed by atoms with Crippen LogP contribution < -0.4 is 10.2 Å². The maximum Gasteiger partial charge on any atom is 0.134 e. The first-order valence-electron chi connectivity index (χ1n) is 6.30. The third-order valence-electron chi connectivity index (χ3n) is 2.96. The van der Waals surface area contributed by atoms with Crippen LogP contribution in [0.3, 0.4) is 0 Å². The predicted molar refractivity (Wildman–Crippen MR) is 69.8 cm³/mol. The summed E-state index contributed by atoms with van der Waals surface area (Å²) in [5, 5.41) is 22.3. The fourth-order valence-corrected chi connectivity index (χ4v) is 2.01. The molecule has 0 radical (unpaired) electrons. The third kappa shape index (κ3) is 2.88. The molecule has 2 rings (SSSR count). The molecular formula is C12H20N4O2. The van der Waals surface area contributed by atoms with E-state index in [1.54, 1.807) is 0 Å².